The van der Waals surface area contributed by atoms with Crippen molar-refractivity contribution in [1.82, 2.24) is 72.5 Å². The summed E-state index contributed by atoms with van der Waals surface area (Å²) in [5, 5.41) is 64.6. The molecule has 4 aliphatic heterocycles. The van der Waals surface area contributed by atoms with Gasteiger partial charge in [0.15, 0.2) is 11.9 Å². The second-order valence-electron chi connectivity index (χ2n) is 28.7. The van der Waals surface area contributed by atoms with E-state index in [0.29, 0.717) is 167 Å². The van der Waals surface area contributed by atoms with Gasteiger partial charge in [0.2, 0.25) is 11.8 Å². The van der Waals surface area contributed by atoms with Gasteiger partial charge in [-0.1, -0.05) is 112 Å². The van der Waals surface area contributed by atoms with Crippen molar-refractivity contribution in [2.24, 2.45) is 21.5 Å². The third kappa shape index (κ3) is 48.4. The number of unbranched alkanes of at least 4 members (excludes halogenated alkanes) is 13. The number of guanidine groups is 2. The predicted octanol–water partition coefficient (Wildman–Crippen LogP) is 7.66. The number of urea groups is 2. The minimum absolute atomic E-state index is 0.0393. The number of rotatable bonds is 60. The van der Waals surface area contributed by atoms with E-state index in [1.54, 1.807) is 9.36 Å². The van der Waals surface area contributed by atoms with Crippen LogP contribution in [0.4, 0.5) is 35.9 Å². The SMILES string of the molecule is CCCCCCCCCCCCNC(N)=NCc1ccc(OCc2cn(CCOCCOCCOCCNC(=O)CCCC[C@@H]3SC[C@@H]4NC(=O)N[C@@H]43)nn2)cc1.NC(=NCc1ccc(OCc2cn(CCOCCOCCOCCNC(=O)CCCC[C@@H]3SC[C@@H]4NC(=O)N[C@@H]43)nn2)cc1)NCCCCCO.O=C(O)C(F)(F)F.O=C(O)C(F)(F)F. The summed E-state index contributed by atoms with van der Waals surface area (Å²) >= 11 is 3.80. The Morgan fingerprint density at radius 2 is 0.836 bits per heavy atom. The van der Waals surface area contributed by atoms with Crippen LogP contribution in [-0.2, 0) is 87.0 Å². The van der Waals surface area contributed by atoms with E-state index in [2.05, 4.69) is 80.1 Å². The van der Waals surface area contributed by atoms with Crippen molar-refractivity contribution in [3.63, 3.8) is 0 Å². The number of carboxylic acids is 2. The zero-order valence-corrected chi connectivity index (χ0v) is 71.3. The Morgan fingerprint density at radius 1 is 0.484 bits per heavy atom. The molecule has 35 nitrogen and oxygen atoms in total. The number of carbonyl (C=O) groups excluding carboxylic acids is 4. The number of aromatic nitrogens is 6. The number of nitrogens with two attached hydrogens (primary N) is 2. The largest absolute Gasteiger partial charge is 0.490 e. The van der Waals surface area contributed by atoms with Crippen LogP contribution in [0.25, 0.3) is 0 Å². The highest BCUT2D eigenvalue weighted by Crippen LogP contribution is 2.35. The molecule has 0 aliphatic carbocycles. The number of hydrogen-bond acceptors (Lipinski definition) is 23. The van der Waals surface area contributed by atoms with Gasteiger partial charge in [0.05, 0.1) is 142 Å². The van der Waals surface area contributed by atoms with Crippen LogP contribution >= 0.6 is 23.5 Å². The third-order valence-electron chi connectivity index (χ3n) is 18.8. The minimum atomic E-state index is -5.08. The molecule has 0 unspecified atom stereocenters. The Hall–Kier alpha value is -8.72. The maximum absolute atomic E-state index is 12.1. The highest BCUT2D eigenvalue weighted by molar-refractivity contribution is 8.00. The Bertz CT molecular complexity index is 3580. The zero-order chi connectivity index (χ0) is 88.3. The maximum Gasteiger partial charge on any atom is 0.490 e. The molecule has 4 aromatic rings. The lowest BCUT2D eigenvalue weighted by Crippen LogP contribution is -2.36. The number of hydrogen-bond donors (Lipinski definition) is 13. The van der Waals surface area contributed by atoms with Gasteiger partial charge in [0.25, 0.3) is 0 Å². The summed E-state index contributed by atoms with van der Waals surface area (Å²) in [6.45, 7) is 13.3. The molecule has 122 heavy (non-hydrogen) atoms. The molecule has 4 saturated heterocycles. The molecular formula is C79H126F6N18O17S2. The van der Waals surface area contributed by atoms with E-state index in [-0.39, 0.29) is 54.7 Å². The Kier molecular flexibility index (Phi) is 53.1. The fourth-order valence-corrected chi connectivity index (χ4v) is 15.4. The van der Waals surface area contributed by atoms with Crippen LogP contribution in [0.1, 0.15) is 164 Å². The molecule has 0 radical (unpaired) electrons. The molecule has 6 atom stereocenters. The fourth-order valence-electron chi connectivity index (χ4n) is 12.3. The number of carboxylic acid groups (broad SMARTS) is 2. The monoisotopic (exact) mass is 1780 g/mol. The molecule has 15 N–H and O–H groups in total. The zero-order valence-electron chi connectivity index (χ0n) is 69.6. The van der Waals surface area contributed by atoms with Gasteiger partial charge in [-0.15, -0.1) is 10.2 Å². The number of aliphatic imine (C=N–C) groups is 2. The summed E-state index contributed by atoms with van der Waals surface area (Å²) in [7, 11) is 0. The Balaban J connectivity index is 0.000000375. The summed E-state index contributed by atoms with van der Waals surface area (Å²) in [6, 6.07) is 16.3. The van der Waals surface area contributed by atoms with Crippen molar-refractivity contribution in [3.8, 4) is 11.5 Å². The molecule has 6 amide bonds. The molecule has 6 heterocycles. The molecule has 2 aromatic heterocycles. The first-order valence-electron chi connectivity index (χ1n) is 41.8. The summed E-state index contributed by atoms with van der Waals surface area (Å²) in [6.07, 6.45) is 16.1. The van der Waals surface area contributed by atoms with Crippen LogP contribution < -0.4 is 63.5 Å². The molecular weight excluding hydrogens is 1650 g/mol. The van der Waals surface area contributed by atoms with E-state index in [1.807, 2.05) is 84.4 Å². The maximum atomic E-state index is 12.1. The van der Waals surface area contributed by atoms with E-state index < -0.39 is 24.3 Å². The number of aliphatic carboxylic acids is 2. The first-order valence-corrected chi connectivity index (χ1v) is 43.9. The summed E-state index contributed by atoms with van der Waals surface area (Å²) in [5.74, 6) is -1.14. The molecule has 43 heteroatoms. The first-order chi connectivity index (χ1) is 58.9. The number of carbonyl (C=O) groups is 6. The predicted molar refractivity (Wildman–Crippen MR) is 447 cm³/mol. The lowest BCUT2D eigenvalue weighted by molar-refractivity contribution is -0.193. The molecule has 4 fully saturated rings. The van der Waals surface area contributed by atoms with Gasteiger partial charge in [0.1, 0.15) is 36.1 Å². The van der Waals surface area contributed by atoms with Crippen LogP contribution in [0.5, 0.6) is 11.5 Å². The molecule has 2 aromatic carbocycles. The number of ether oxygens (including phenoxy) is 8. The molecule has 0 bridgehead atoms. The number of fused-ring (bicyclic) bond motifs is 2. The lowest BCUT2D eigenvalue weighted by atomic mass is 10.0. The quantitative estimate of drug-likeness (QED) is 0.00663. The standard InChI is InChI=1S/C41H69N9O6S.C34H55N9O7S.2C2HF3O2/c1-2-3-4-5-6-7-8-9-10-13-20-44-40(42)45-29-33-16-18-35(19-17-33)56-31-34-30-50(49-48-34)22-24-54-26-28-55-27-25-53-23-21-43-38(51)15-12-11-14-37-39-36(32-57-37)46-41(52)47-39;35-33(37-12-4-1-5-15-44)38-22-26-8-10-28(11-9-26)50-24-27-23-43(42-41-27)14-17-48-19-21-49-20-18-47-16-13-36-31(45)7-3-2-6-30-32-29(25-51-30)39-34(46)40-32;2*3-2(4,5)1(6)7/h16-19,30,36-37,39H,2-15,20-29,31-32H2,1H3,(H,43,51)(H3,42,44,45)(H2,46,47,52);8-11,23,29-30,32,44H,1-7,12-22,24-25H2,(H,36,45)(H3,35,37,38)(H2,39,40,46);2*(H,6,7)/t36-,37-,39-;29-,30-,32-;;/m00../s1. The van der Waals surface area contributed by atoms with Gasteiger partial charge < -0.3 is 107 Å². The second kappa shape index (κ2) is 62.4. The molecule has 688 valence electrons. The van der Waals surface area contributed by atoms with Gasteiger partial charge in [-0.3, -0.25) is 9.59 Å². The van der Waals surface area contributed by atoms with Crippen molar-refractivity contribution >= 4 is 71.3 Å². The minimum Gasteiger partial charge on any atom is -0.487 e. The van der Waals surface area contributed by atoms with Crippen molar-refractivity contribution in [2.75, 3.05) is 124 Å². The molecule has 0 spiro atoms. The van der Waals surface area contributed by atoms with Crippen LogP contribution in [0.15, 0.2) is 70.9 Å². The van der Waals surface area contributed by atoms with Gasteiger partial charge in [0, 0.05) is 67.6 Å². The number of nitrogens with zero attached hydrogens (tertiary/aromatic N) is 8. The van der Waals surface area contributed by atoms with Gasteiger partial charge >= 0.3 is 36.4 Å². The van der Waals surface area contributed by atoms with Gasteiger partial charge in [-0.2, -0.15) is 49.9 Å². The fraction of sp³-hybridized carbons (Fsp3) is 0.696. The van der Waals surface area contributed by atoms with Crippen LogP contribution in [0.3, 0.4) is 0 Å². The number of nitrogens with one attached hydrogen (secondary N) is 8. The van der Waals surface area contributed by atoms with Crippen molar-refractivity contribution < 1.29 is 108 Å². The number of thioether (sulfide) groups is 2. The van der Waals surface area contributed by atoms with Gasteiger partial charge in [-0.05, 0) is 86.8 Å². The van der Waals surface area contributed by atoms with Gasteiger partial charge in [-0.25, -0.2) is 38.5 Å². The number of aliphatic hydroxyl groups excluding tert-OH is 1. The Labute approximate surface area is 717 Å². The van der Waals surface area contributed by atoms with E-state index >= 15 is 0 Å². The number of amides is 6. The highest BCUT2D eigenvalue weighted by Gasteiger charge is 2.44. The number of halogens is 6. The van der Waals surface area contributed by atoms with Crippen molar-refractivity contribution in [1.29, 1.82) is 0 Å². The van der Waals surface area contributed by atoms with Crippen molar-refractivity contribution in [2.45, 2.75) is 228 Å². The van der Waals surface area contributed by atoms with Crippen LogP contribution in [-0.4, -0.2) is 264 Å². The normalized spacial score (nSPS) is 17.2. The molecule has 8 rings (SSSR count). The molecule has 4 aliphatic rings. The number of aliphatic hydroxyl groups is 1. The summed E-state index contributed by atoms with van der Waals surface area (Å²) < 4.78 is 112. The number of benzene rings is 2. The third-order valence-corrected chi connectivity index (χ3v) is 21.9. The summed E-state index contributed by atoms with van der Waals surface area (Å²) in [4.78, 5) is 73.8. The topological polar surface area (TPSA) is 471 Å². The van der Waals surface area contributed by atoms with E-state index in [4.69, 9.17) is 74.3 Å². The molecule has 0 saturated carbocycles. The van der Waals surface area contributed by atoms with E-state index in [0.717, 1.165) is 123 Å². The lowest BCUT2D eigenvalue weighted by Gasteiger charge is -2.16. The second-order valence-corrected chi connectivity index (χ2v) is 31.3. The smallest absolute Gasteiger partial charge is 0.487 e. The summed E-state index contributed by atoms with van der Waals surface area (Å²) in [5.41, 5.74) is 15.5. The first kappa shape index (κ1) is 104. The van der Waals surface area contributed by atoms with Crippen LogP contribution in [0, 0.1) is 0 Å². The Morgan fingerprint density at radius 3 is 1.20 bits per heavy atom. The van der Waals surface area contributed by atoms with E-state index in [1.165, 1.54) is 57.8 Å². The highest BCUT2D eigenvalue weighted by atomic mass is 32.2. The average molecular weight is 1780 g/mol. The van der Waals surface area contributed by atoms with E-state index in [9.17, 15) is 45.5 Å². The average Bonchev–Trinajstić information content (AvgIpc) is 1.67. The number of alkyl halides is 6. The van der Waals surface area contributed by atoms with Crippen molar-refractivity contribution in [3.05, 3.63) is 83.4 Å². The van der Waals surface area contributed by atoms with Crippen LogP contribution in [0.2, 0.25) is 0 Å².